The summed E-state index contributed by atoms with van der Waals surface area (Å²) < 4.78 is 27.9. The Hall–Kier alpha value is -1.56. The first-order valence-corrected chi connectivity index (χ1v) is 9.91. The molecule has 23 heavy (non-hydrogen) atoms. The van der Waals surface area contributed by atoms with Gasteiger partial charge in [0.25, 0.3) is 0 Å². The minimum absolute atomic E-state index is 0.106. The van der Waals surface area contributed by atoms with Crippen LogP contribution in [0.15, 0.2) is 24.3 Å². The van der Waals surface area contributed by atoms with E-state index in [4.69, 9.17) is 4.18 Å². The van der Waals surface area contributed by atoms with E-state index in [1.165, 1.54) is 0 Å². The van der Waals surface area contributed by atoms with Gasteiger partial charge in [-0.05, 0) is 32.3 Å². The molecule has 1 amide bonds. The first kappa shape index (κ1) is 17.8. The topological polar surface area (TPSA) is 63.7 Å². The zero-order valence-corrected chi connectivity index (χ0v) is 14.8. The Morgan fingerprint density at radius 2 is 2.00 bits per heavy atom. The Kier molecular flexibility index (Phi) is 5.68. The van der Waals surface area contributed by atoms with Gasteiger partial charge in [0.1, 0.15) is 5.75 Å². The van der Waals surface area contributed by atoms with Crippen molar-refractivity contribution < 1.29 is 17.4 Å². The van der Waals surface area contributed by atoms with E-state index < -0.39 is 10.1 Å². The Morgan fingerprint density at radius 3 is 2.52 bits per heavy atom. The van der Waals surface area contributed by atoms with Gasteiger partial charge in [-0.2, -0.15) is 8.42 Å². The summed E-state index contributed by atoms with van der Waals surface area (Å²) in [5.74, 6) is 0.580. The van der Waals surface area contributed by atoms with Crippen LogP contribution in [0.3, 0.4) is 0 Å². The van der Waals surface area contributed by atoms with Gasteiger partial charge in [0.15, 0.2) is 0 Å². The van der Waals surface area contributed by atoms with Crippen molar-refractivity contribution in [1.82, 2.24) is 4.90 Å². The summed E-state index contributed by atoms with van der Waals surface area (Å²) in [6, 6.07) is 7.09. The summed E-state index contributed by atoms with van der Waals surface area (Å²) in [7, 11) is -3.59. The van der Waals surface area contributed by atoms with Crippen molar-refractivity contribution in [2.75, 3.05) is 6.26 Å². The monoisotopic (exact) mass is 339 g/mol. The van der Waals surface area contributed by atoms with Crippen LogP contribution in [0, 0.1) is 5.92 Å². The average Bonchev–Trinajstić information content (AvgIpc) is 2.42. The molecular formula is C17H25NO4S. The van der Waals surface area contributed by atoms with Gasteiger partial charge < -0.3 is 9.08 Å². The van der Waals surface area contributed by atoms with E-state index in [2.05, 4.69) is 0 Å². The minimum atomic E-state index is -3.59. The molecule has 0 unspecified atom stereocenters. The summed E-state index contributed by atoms with van der Waals surface area (Å²) in [6.07, 6.45) is 4.89. The molecule has 1 aromatic rings. The lowest BCUT2D eigenvalue weighted by atomic mass is 9.84. The normalized spacial score (nSPS) is 16.5. The predicted molar refractivity (Wildman–Crippen MR) is 89.6 cm³/mol. The summed E-state index contributed by atoms with van der Waals surface area (Å²) in [5, 5.41) is 0. The lowest BCUT2D eigenvalue weighted by Gasteiger charge is -2.35. The maximum Gasteiger partial charge on any atom is 0.306 e. The van der Waals surface area contributed by atoms with Gasteiger partial charge in [0, 0.05) is 24.1 Å². The predicted octanol–water partition coefficient (Wildman–Crippen LogP) is 2.95. The molecule has 128 valence electrons. The van der Waals surface area contributed by atoms with E-state index in [0.29, 0.717) is 17.9 Å². The van der Waals surface area contributed by atoms with E-state index in [1.807, 2.05) is 30.9 Å². The van der Waals surface area contributed by atoms with Crippen LogP contribution in [0.5, 0.6) is 5.75 Å². The molecule has 0 heterocycles. The second-order valence-electron chi connectivity index (χ2n) is 6.25. The molecular weight excluding hydrogens is 314 g/mol. The van der Waals surface area contributed by atoms with Gasteiger partial charge in [-0.3, -0.25) is 4.79 Å². The van der Waals surface area contributed by atoms with Gasteiger partial charge in [-0.1, -0.05) is 31.5 Å². The first-order chi connectivity index (χ1) is 10.8. The fraction of sp³-hybridized carbons (Fsp3) is 0.588. The van der Waals surface area contributed by atoms with Crippen molar-refractivity contribution in [3.63, 3.8) is 0 Å². The number of para-hydroxylation sites is 1. The molecule has 1 saturated carbocycles. The van der Waals surface area contributed by atoms with E-state index in [0.717, 1.165) is 31.9 Å². The molecule has 1 aliphatic carbocycles. The third-order valence-electron chi connectivity index (χ3n) is 4.41. The first-order valence-electron chi connectivity index (χ1n) is 8.09. The third-order valence-corrected chi connectivity index (χ3v) is 4.90. The van der Waals surface area contributed by atoms with Crippen LogP contribution < -0.4 is 4.18 Å². The Morgan fingerprint density at radius 1 is 1.35 bits per heavy atom. The van der Waals surface area contributed by atoms with Crippen LogP contribution in [-0.2, 0) is 21.5 Å². The third kappa shape index (κ3) is 4.70. The molecule has 2 rings (SSSR count). The van der Waals surface area contributed by atoms with Crippen LogP contribution in [-0.4, -0.2) is 31.5 Å². The SMILES string of the molecule is CC[C@H](C)N(Cc1ccccc1OS(C)(=O)=O)C(=O)C1CCC1. The van der Waals surface area contributed by atoms with Gasteiger partial charge in [0.05, 0.1) is 6.26 Å². The highest BCUT2D eigenvalue weighted by atomic mass is 32.2. The maximum absolute atomic E-state index is 12.7. The largest absolute Gasteiger partial charge is 0.382 e. The lowest BCUT2D eigenvalue weighted by Crippen LogP contribution is -2.43. The highest BCUT2D eigenvalue weighted by Crippen LogP contribution is 2.31. The number of amides is 1. The molecule has 0 N–H and O–H groups in total. The van der Waals surface area contributed by atoms with Crippen LogP contribution in [0.4, 0.5) is 0 Å². The van der Waals surface area contributed by atoms with Gasteiger partial charge in [-0.15, -0.1) is 0 Å². The lowest BCUT2D eigenvalue weighted by molar-refractivity contribution is -0.141. The molecule has 6 heteroatoms. The fourth-order valence-electron chi connectivity index (χ4n) is 2.62. The Labute approximate surface area is 138 Å². The van der Waals surface area contributed by atoms with Crippen LogP contribution in [0.2, 0.25) is 0 Å². The Bertz CT molecular complexity index is 652. The van der Waals surface area contributed by atoms with E-state index in [9.17, 15) is 13.2 Å². The number of carbonyl (C=O) groups is 1. The van der Waals surface area contributed by atoms with E-state index in [-0.39, 0.29) is 17.9 Å². The number of carbonyl (C=O) groups excluding carboxylic acids is 1. The number of nitrogens with zero attached hydrogens (tertiary/aromatic N) is 1. The van der Waals surface area contributed by atoms with Crippen molar-refractivity contribution in [2.24, 2.45) is 5.92 Å². The molecule has 0 radical (unpaired) electrons. The Balaban J connectivity index is 2.23. The van der Waals surface area contributed by atoms with Crippen molar-refractivity contribution in [3.8, 4) is 5.75 Å². The molecule has 1 fully saturated rings. The summed E-state index contributed by atoms with van der Waals surface area (Å²) in [6.45, 7) is 4.44. The molecule has 0 bridgehead atoms. The quantitative estimate of drug-likeness (QED) is 0.717. The molecule has 1 aliphatic rings. The van der Waals surface area contributed by atoms with Gasteiger partial charge in [0.2, 0.25) is 5.91 Å². The number of rotatable bonds is 7. The molecule has 0 spiro atoms. The molecule has 1 aromatic carbocycles. The molecule has 0 aromatic heterocycles. The highest BCUT2D eigenvalue weighted by Gasteiger charge is 2.31. The second-order valence-corrected chi connectivity index (χ2v) is 7.82. The van der Waals surface area contributed by atoms with Gasteiger partial charge >= 0.3 is 10.1 Å². The molecule has 0 saturated heterocycles. The second kappa shape index (κ2) is 7.34. The van der Waals surface area contributed by atoms with Crippen molar-refractivity contribution in [3.05, 3.63) is 29.8 Å². The average molecular weight is 339 g/mol. The van der Waals surface area contributed by atoms with Crippen LogP contribution in [0.1, 0.15) is 45.1 Å². The van der Waals surface area contributed by atoms with Crippen molar-refractivity contribution in [2.45, 2.75) is 52.1 Å². The summed E-state index contributed by atoms with van der Waals surface area (Å²) in [5.41, 5.74) is 0.714. The van der Waals surface area contributed by atoms with Crippen LogP contribution >= 0.6 is 0 Å². The minimum Gasteiger partial charge on any atom is -0.382 e. The van der Waals surface area contributed by atoms with Crippen molar-refractivity contribution in [1.29, 1.82) is 0 Å². The van der Waals surface area contributed by atoms with E-state index in [1.54, 1.807) is 12.1 Å². The fourth-order valence-corrected chi connectivity index (χ4v) is 3.11. The highest BCUT2D eigenvalue weighted by molar-refractivity contribution is 7.86. The maximum atomic E-state index is 12.7. The smallest absolute Gasteiger partial charge is 0.306 e. The number of hydrogen-bond donors (Lipinski definition) is 0. The van der Waals surface area contributed by atoms with Gasteiger partial charge in [-0.25, -0.2) is 0 Å². The number of benzene rings is 1. The van der Waals surface area contributed by atoms with E-state index >= 15 is 0 Å². The van der Waals surface area contributed by atoms with Crippen molar-refractivity contribution >= 4 is 16.0 Å². The zero-order valence-electron chi connectivity index (χ0n) is 14.0. The molecule has 5 nitrogen and oxygen atoms in total. The summed E-state index contributed by atoms with van der Waals surface area (Å²) in [4.78, 5) is 14.5. The zero-order chi connectivity index (χ0) is 17.0. The molecule has 1 atom stereocenters. The summed E-state index contributed by atoms with van der Waals surface area (Å²) >= 11 is 0. The van der Waals surface area contributed by atoms with Crippen LogP contribution in [0.25, 0.3) is 0 Å². The number of hydrogen-bond acceptors (Lipinski definition) is 4. The standard InChI is InChI=1S/C17H25NO4S/c1-4-13(2)18(17(19)14-9-7-10-14)12-15-8-5-6-11-16(15)22-23(3,20)21/h5-6,8,11,13-14H,4,7,9-10,12H2,1-3H3/t13-/m0/s1. The molecule has 0 aliphatic heterocycles.